The molecule has 1 aromatic carbocycles. The van der Waals surface area contributed by atoms with E-state index < -0.39 is 36.4 Å². The van der Waals surface area contributed by atoms with Gasteiger partial charge in [-0.3, -0.25) is 19.3 Å². The van der Waals surface area contributed by atoms with Crippen molar-refractivity contribution in [3.05, 3.63) is 27.7 Å². The largest absolute Gasteiger partial charge is 0.454 e. The molecule has 3 aliphatic rings. The van der Waals surface area contributed by atoms with Gasteiger partial charge in [0.25, 0.3) is 5.91 Å². The molecule has 3 fully saturated rings. The number of fused-ring (bicyclic) bond motifs is 5. The molecule has 4 rings (SSSR count). The molecule has 11 heteroatoms. The molecule has 2 aliphatic carbocycles. The van der Waals surface area contributed by atoms with E-state index in [2.05, 4.69) is 53.1 Å². The Morgan fingerprint density at radius 1 is 1.19 bits per heavy atom. The van der Waals surface area contributed by atoms with Crippen LogP contribution in [0.25, 0.3) is 0 Å². The van der Waals surface area contributed by atoms with E-state index >= 15 is 0 Å². The van der Waals surface area contributed by atoms with Gasteiger partial charge in [0.1, 0.15) is 6.04 Å². The summed E-state index contributed by atoms with van der Waals surface area (Å²) in [6.45, 7) is 0.888. The first kappa shape index (κ1) is 23.2. The normalized spacial score (nSPS) is 32.2. The van der Waals surface area contributed by atoms with Crippen LogP contribution in [0.3, 0.4) is 0 Å². The number of anilines is 1. The molecule has 31 heavy (non-hydrogen) atoms. The highest BCUT2D eigenvalue weighted by atomic mass is 79.9. The number of benzene rings is 1. The van der Waals surface area contributed by atoms with Crippen molar-refractivity contribution in [1.82, 2.24) is 4.90 Å². The third-order valence-corrected chi connectivity index (χ3v) is 10.3. The molecule has 3 amide bonds. The van der Waals surface area contributed by atoms with Crippen molar-refractivity contribution in [1.29, 1.82) is 0 Å². The highest BCUT2D eigenvalue weighted by Gasteiger charge is 2.67. The molecule has 1 saturated heterocycles. The maximum atomic E-state index is 13.0. The first-order valence-electron chi connectivity index (χ1n) is 9.68. The average molecular weight is 642 g/mol. The average Bonchev–Trinajstić information content (AvgIpc) is 3.32. The lowest BCUT2D eigenvalue weighted by molar-refractivity contribution is -0.159. The van der Waals surface area contributed by atoms with Crippen molar-refractivity contribution in [2.45, 2.75) is 29.0 Å². The molecular weight excluding hydrogens is 623 g/mol. The van der Waals surface area contributed by atoms with Gasteiger partial charge in [-0.2, -0.15) is 0 Å². The smallest absolute Gasteiger partial charge is 0.329 e. The molecule has 1 N–H and O–H groups in total. The SMILES string of the molecule is C[C@H](C(=O)OCC(=O)Nc1ccc(Br)cc1Cl)N1C(=O)[C@@H]2[C@H]3C[C@@H]([C@H](Br)[C@@H]3Br)[C@@H]2C1=O. The van der Waals surface area contributed by atoms with Gasteiger partial charge in [0.05, 0.1) is 22.5 Å². The number of esters is 1. The van der Waals surface area contributed by atoms with Crippen LogP contribution in [0, 0.1) is 23.7 Å². The number of rotatable bonds is 5. The van der Waals surface area contributed by atoms with Crippen LogP contribution >= 0.6 is 59.4 Å². The molecule has 2 bridgehead atoms. The molecule has 1 heterocycles. The zero-order valence-electron chi connectivity index (χ0n) is 16.2. The quantitative estimate of drug-likeness (QED) is 0.301. The number of nitrogens with one attached hydrogen (secondary N) is 1. The fourth-order valence-corrected chi connectivity index (χ4v) is 7.49. The van der Waals surface area contributed by atoms with Crippen LogP contribution in [-0.4, -0.2) is 50.9 Å². The summed E-state index contributed by atoms with van der Waals surface area (Å²) in [5.41, 5.74) is 0.376. The van der Waals surface area contributed by atoms with Crippen LogP contribution in [0.5, 0.6) is 0 Å². The Labute approximate surface area is 208 Å². The predicted octanol–water partition coefficient (Wildman–Crippen LogP) is 3.75. The van der Waals surface area contributed by atoms with Gasteiger partial charge >= 0.3 is 5.97 Å². The van der Waals surface area contributed by atoms with Crippen LogP contribution < -0.4 is 5.32 Å². The lowest BCUT2D eigenvalue weighted by atomic mass is 9.81. The third kappa shape index (κ3) is 3.98. The topological polar surface area (TPSA) is 92.8 Å². The Balaban J connectivity index is 1.37. The van der Waals surface area contributed by atoms with Crippen LogP contribution in [-0.2, 0) is 23.9 Å². The van der Waals surface area contributed by atoms with Gasteiger partial charge < -0.3 is 10.1 Å². The maximum absolute atomic E-state index is 13.0. The number of halogens is 4. The number of hydrogen-bond donors (Lipinski definition) is 1. The second-order valence-corrected chi connectivity index (χ2v) is 11.4. The zero-order chi connectivity index (χ0) is 22.6. The first-order valence-corrected chi connectivity index (χ1v) is 12.7. The van der Waals surface area contributed by atoms with Gasteiger partial charge in [-0.1, -0.05) is 59.4 Å². The summed E-state index contributed by atoms with van der Waals surface area (Å²) < 4.78 is 5.83. The minimum Gasteiger partial charge on any atom is -0.454 e. The van der Waals surface area contributed by atoms with Crippen LogP contribution in [0.2, 0.25) is 5.02 Å². The van der Waals surface area contributed by atoms with Gasteiger partial charge in [0, 0.05) is 14.1 Å². The Bertz CT molecular complexity index is 944. The molecule has 166 valence electrons. The van der Waals surface area contributed by atoms with E-state index in [0.717, 1.165) is 15.8 Å². The lowest BCUT2D eigenvalue weighted by Crippen LogP contribution is -2.45. The van der Waals surface area contributed by atoms with Gasteiger partial charge in [-0.25, -0.2) is 4.79 Å². The van der Waals surface area contributed by atoms with Crippen molar-refractivity contribution in [3.8, 4) is 0 Å². The summed E-state index contributed by atoms with van der Waals surface area (Å²) in [5.74, 6) is -2.75. The number of carbonyl (C=O) groups excluding carboxylic acids is 4. The monoisotopic (exact) mass is 638 g/mol. The van der Waals surface area contributed by atoms with Gasteiger partial charge in [0.2, 0.25) is 11.8 Å². The van der Waals surface area contributed by atoms with E-state index in [1.165, 1.54) is 6.92 Å². The number of ether oxygens (including phenoxy) is 1. The van der Waals surface area contributed by atoms with Gasteiger partial charge in [-0.05, 0) is 43.4 Å². The molecule has 1 aromatic rings. The number of likely N-dealkylation sites (tertiary alicyclic amines) is 1. The van der Waals surface area contributed by atoms with Crippen LogP contribution in [0.1, 0.15) is 13.3 Å². The molecule has 0 aromatic heterocycles. The molecule has 0 spiro atoms. The van der Waals surface area contributed by atoms with Gasteiger partial charge in [0.15, 0.2) is 6.61 Å². The maximum Gasteiger partial charge on any atom is 0.329 e. The van der Waals surface area contributed by atoms with Crippen molar-refractivity contribution in [3.63, 3.8) is 0 Å². The number of alkyl halides is 2. The molecule has 0 unspecified atom stereocenters. The number of amides is 3. The summed E-state index contributed by atoms with van der Waals surface area (Å²) in [4.78, 5) is 51.9. The summed E-state index contributed by atoms with van der Waals surface area (Å²) in [6.07, 6.45) is 0.810. The molecule has 1 aliphatic heterocycles. The van der Waals surface area contributed by atoms with E-state index in [0.29, 0.717) is 10.7 Å². The molecule has 0 radical (unpaired) electrons. The predicted molar refractivity (Wildman–Crippen MR) is 124 cm³/mol. The minimum atomic E-state index is -1.10. The Hall–Kier alpha value is -0.970. The summed E-state index contributed by atoms with van der Waals surface area (Å²) >= 11 is 16.6. The second-order valence-electron chi connectivity index (χ2n) is 8.01. The molecule has 7 nitrogen and oxygen atoms in total. The molecular formula is C20H18Br3ClN2O5. The summed E-state index contributed by atoms with van der Waals surface area (Å²) in [7, 11) is 0. The Morgan fingerprint density at radius 3 is 2.32 bits per heavy atom. The van der Waals surface area contributed by atoms with E-state index in [-0.39, 0.29) is 33.3 Å². The number of nitrogens with zero attached hydrogens (tertiary/aromatic N) is 1. The number of hydrogen-bond acceptors (Lipinski definition) is 5. The number of imide groups is 1. The van der Waals surface area contributed by atoms with Gasteiger partial charge in [-0.15, -0.1) is 0 Å². The van der Waals surface area contributed by atoms with E-state index in [4.69, 9.17) is 16.3 Å². The highest BCUT2D eigenvalue weighted by molar-refractivity contribution is 9.12. The van der Waals surface area contributed by atoms with E-state index in [9.17, 15) is 19.2 Å². The molecule has 7 atom stereocenters. The minimum absolute atomic E-state index is 0.0606. The number of carbonyl (C=O) groups is 4. The summed E-state index contributed by atoms with van der Waals surface area (Å²) in [5, 5.41) is 2.88. The van der Waals surface area contributed by atoms with Crippen molar-refractivity contribution < 1.29 is 23.9 Å². The van der Waals surface area contributed by atoms with Crippen molar-refractivity contribution in [2.24, 2.45) is 23.7 Å². The van der Waals surface area contributed by atoms with E-state index in [1.54, 1.807) is 18.2 Å². The third-order valence-electron chi connectivity index (χ3n) is 6.30. The fraction of sp³-hybridized carbons (Fsp3) is 0.500. The van der Waals surface area contributed by atoms with Crippen LogP contribution in [0.4, 0.5) is 5.69 Å². The zero-order valence-corrected chi connectivity index (χ0v) is 21.7. The Kier molecular flexibility index (Phi) is 6.55. The lowest BCUT2D eigenvalue weighted by Gasteiger charge is -2.28. The Morgan fingerprint density at radius 2 is 1.77 bits per heavy atom. The fourth-order valence-electron chi connectivity index (χ4n) is 4.89. The van der Waals surface area contributed by atoms with Crippen LogP contribution in [0.15, 0.2) is 22.7 Å². The van der Waals surface area contributed by atoms with E-state index in [1.807, 2.05) is 0 Å². The summed E-state index contributed by atoms with van der Waals surface area (Å²) in [6, 6.07) is 3.84. The highest BCUT2D eigenvalue weighted by Crippen LogP contribution is 2.60. The first-order chi connectivity index (χ1) is 14.6. The standard InChI is InChI=1S/C20H18Br3ClN2O5/c1-7(20(30)31-6-13(27)25-12-3-2-8(21)4-11(12)24)26-18(28)14-9-5-10(15(14)19(26)29)17(23)16(9)22/h2-4,7,9-10,14-17H,5-6H2,1H3,(H,25,27)/t7-,9-,10-,14-,15+,16-,17+/m1/s1. The van der Waals surface area contributed by atoms with Crippen molar-refractivity contribution >= 4 is 88.8 Å². The molecule has 2 saturated carbocycles. The van der Waals surface area contributed by atoms with Crippen molar-refractivity contribution in [2.75, 3.05) is 11.9 Å². The second kappa shape index (κ2) is 8.76.